The molecule has 0 atom stereocenters. The van der Waals surface area contributed by atoms with E-state index in [0.29, 0.717) is 22.5 Å². The number of carbonyl (C=O) groups is 3. The van der Waals surface area contributed by atoms with Gasteiger partial charge in [0, 0.05) is 18.8 Å². The van der Waals surface area contributed by atoms with Crippen LogP contribution < -0.4 is 5.32 Å². The van der Waals surface area contributed by atoms with Crippen molar-refractivity contribution in [3.8, 4) is 0 Å². The first-order valence-electron chi connectivity index (χ1n) is 8.15. The minimum absolute atomic E-state index is 0.0153. The molecule has 0 saturated heterocycles. The van der Waals surface area contributed by atoms with E-state index in [1.54, 1.807) is 34.7 Å². The molecule has 132 valence electrons. The van der Waals surface area contributed by atoms with Gasteiger partial charge in [0.2, 0.25) is 5.91 Å². The topological polar surface area (TPSA) is 91.5 Å². The zero-order valence-electron chi connectivity index (χ0n) is 14.9. The first kappa shape index (κ1) is 18.0. The molecule has 1 aromatic heterocycles. The lowest BCUT2D eigenvalue weighted by Gasteiger charge is -2.16. The van der Waals surface area contributed by atoms with Gasteiger partial charge in [0.05, 0.1) is 18.2 Å². The van der Waals surface area contributed by atoms with E-state index >= 15 is 0 Å². The molecule has 0 aliphatic heterocycles. The summed E-state index contributed by atoms with van der Waals surface area (Å²) in [6, 6.07) is 0.257. The molecule has 0 spiro atoms. The van der Waals surface area contributed by atoms with Gasteiger partial charge in [-0.05, 0) is 46.1 Å². The number of rotatable bonds is 6. The number of esters is 1. The Kier molecular flexibility index (Phi) is 5.31. The molecule has 7 nitrogen and oxygen atoms in total. The van der Waals surface area contributed by atoms with Crippen molar-refractivity contribution in [1.82, 2.24) is 15.2 Å². The van der Waals surface area contributed by atoms with E-state index in [-0.39, 0.29) is 30.5 Å². The quantitative estimate of drug-likeness (QED) is 0.772. The van der Waals surface area contributed by atoms with Crippen LogP contribution in [-0.4, -0.2) is 53.4 Å². The first-order valence-corrected chi connectivity index (χ1v) is 8.15. The van der Waals surface area contributed by atoms with E-state index in [4.69, 9.17) is 4.74 Å². The van der Waals surface area contributed by atoms with Crippen LogP contribution in [0.5, 0.6) is 0 Å². The fourth-order valence-electron chi connectivity index (χ4n) is 2.52. The van der Waals surface area contributed by atoms with E-state index in [9.17, 15) is 14.4 Å². The molecule has 7 heteroatoms. The Labute approximate surface area is 141 Å². The predicted octanol–water partition coefficient (Wildman–Crippen LogP) is 1.55. The minimum Gasteiger partial charge on any atom is -0.459 e. The number of ether oxygens (including phenoxy) is 1. The van der Waals surface area contributed by atoms with E-state index < -0.39 is 5.97 Å². The third-order valence-electron chi connectivity index (χ3n) is 3.87. The maximum Gasteiger partial charge on any atom is 0.340 e. The van der Waals surface area contributed by atoms with Gasteiger partial charge in [-0.1, -0.05) is 0 Å². The number of hydrogen-bond acceptors (Lipinski definition) is 4. The highest BCUT2D eigenvalue weighted by Gasteiger charge is 2.27. The van der Waals surface area contributed by atoms with Crippen LogP contribution in [0.25, 0.3) is 0 Å². The Hall–Kier alpha value is -2.31. The normalized spacial score (nSPS) is 13.8. The maximum atomic E-state index is 12.6. The lowest BCUT2D eigenvalue weighted by molar-refractivity contribution is -0.121. The van der Waals surface area contributed by atoms with Crippen molar-refractivity contribution in [2.75, 3.05) is 13.6 Å². The molecule has 0 aromatic carbocycles. The fraction of sp³-hybridized carbons (Fsp3) is 0.588. The van der Waals surface area contributed by atoms with E-state index in [2.05, 4.69) is 10.3 Å². The van der Waals surface area contributed by atoms with Crippen LogP contribution in [0.15, 0.2) is 0 Å². The summed E-state index contributed by atoms with van der Waals surface area (Å²) < 4.78 is 5.22. The SMILES string of the molecule is Cc1[nH]c(C(=O)N(C)CC(=O)NC2CC2)c(C)c1C(=O)OC(C)C. The lowest BCUT2D eigenvalue weighted by atomic mass is 10.1. The highest BCUT2D eigenvalue weighted by Crippen LogP contribution is 2.21. The molecule has 24 heavy (non-hydrogen) atoms. The lowest BCUT2D eigenvalue weighted by Crippen LogP contribution is -2.39. The van der Waals surface area contributed by atoms with Gasteiger partial charge in [-0.15, -0.1) is 0 Å². The van der Waals surface area contributed by atoms with E-state index in [1.807, 2.05) is 0 Å². The van der Waals surface area contributed by atoms with Crippen molar-refractivity contribution in [2.45, 2.75) is 52.7 Å². The summed E-state index contributed by atoms with van der Waals surface area (Å²) in [7, 11) is 1.57. The van der Waals surface area contributed by atoms with Crippen molar-refractivity contribution in [1.29, 1.82) is 0 Å². The summed E-state index contributed by atoms with van der Waals surface area (Å²) >= 11 is 0. The monoisotopic (exact) mass is 335 g/mol. The molecule has 1 heterocycles. The number of nitrogens with one attached hydrogen (secondary N) is 2. The summed E-state index contributed by atoms with van der Waals surface area (Å²) in [6.45, 7) is 6.95. The van der Waals surface area contributed by atoms with Crippen LogP contribution in [0.4, 0.5) is 0 Å². The number of aromatic amines is 1. The Balaban J connectivity index is 2.11. The summed E-state index contributed by atoms with van der Waals surface area (Å²) in [5.41, 5.74) is 1.81. The smallest absolute Gasteiger partial charge is 0.340 e. The zero-order valence-corrected chi connectivity index (χ0v) is 14.9. The summed E-state index contributed by atoms with van der Waals surface area (Å²) in [5.74, 6) is -0.955. The molecule has 1 aliphatic carbocycles. The average molecular weight is 335 g/mol. The van der Waals surface area contributed by atoms with Gasteiger partial charge in [0.1, 0.15) is 5.69 Å². The Morgan fingerprint density at radius 1 is 1.29 bits per heavy atom. The first-order chi connectivity index (χ1) is 11.2. The second kappa shape index (κ2) is 7.07. The van der Waals surface area contributed by atoms with E-state index in [1.165, 1.54) is 4.90 Å². The van der Waals surface area contributed by atoms with Gasteiger partial charge in [-0.2, -0.15) is 0 Å². The fourth-order valence-corrected chi connectivity index (χ4v) is 2.52. The van der Waals surface area contributed by atoms with Gasteiger partial charge >= 0.3 is 5.97 Å². The molecule has 2 amide bonds. The zero-order chi connectivity index (χ0) is 18.0. The van der Waals surface area contributed by atoms with Crippen LogP contribution in [0.1, 0.15) is 58.8 Å². The van der Waals surface area contributed by atoms with Crippen LogP contribution in [-0.2, 0) is 9.53 Å². The van der Waals surface area contributed by atoms with Crippen molar-refractivity contribution in [3.63, 3.8) is 0 Å². The maximum absolute atomic E-state index is 12.6. The standard InChI is InChI=1S/C17H25N3O4/c1-9(2)24-17(23)14-10(3)15(18-11(14)4)16(22)20(5)8-13(21)19-12-6-7-12/h9,12,18H,6-8H2,1-5H3,(H,19,21). The molecule has 0 radical (unpaired) electrons. The third-order valence-corrected chi connectivity index (χ3v) is 3.87. The average Bonchev–Trinajstić information content (AvgIpc) is 3.21. The Morgan fingerprint density at radius 2 is 1.92 bits per heavy atom. The number of aromatic nitrogens is 1. The second-order valence-corrected chi connectivity index (χ2v) is 6.58. The number of carbonyl (C=O) groups excluding carboxylic acids is 3. The molecule has 2 rings (SSSR count). The van der Waals surface area contributed by atoms with Crippen LogP contribution in [0.3, 0.4) is 0 Å². The molecule has 2 N–H and O–H groups in total. The van der Waals surface area contributed by atoms with Gasteiger partial charge < -0.3 is 19.9 Å². The molecule has 0 bridgehead atoms. The van der Waals surface area contributed by atoms with Crippen molar-refractivity contribution < 1.29 is 19.1 Å². The molecular weight excluding hydrogens is 310 g/mol. The van der Waals surface area contributed by atoms with Crippen LogP contribution in [0.2, 0.25) is 0 Å². The van der Waals surface area contributed by atoms with Crippen molar-refractivity contribution >= 4 is 17.8 Å². The molecular formula is C17H25N3O4. The number of aryl methyl sites for hydroxylation is 1. The highest BCUT2D eigenvalue weighted by molar-refractivity contribution is 6.01. The summed E-state index contributed by atoms with van der Waals surface area (Å²) in [6.07, 6.45) is 1.76. The van der Waals surface area contributed by atoms with Gasteiger partial charge in [-0.25, -0.2) is 4.79 Å². The highest BCUT2D eigenvalue weighted by atomic mass is 16.5. The van der Waals surface area contributed by atoms with E-state index in [0.717, 1.165) is 12.8 Å². The number of hydrogen-bond donors (Lipinski definition) is 2. The largest absolute Gasteiger partial charge is 0.459 e. The molecule has 1 aliphatic rings. The van der Waals surface area contributed by atoms with Crippen LogP contribution in [0, 0.1) is 13.8 Å². The third kappa shape index (κ3) is 4.15. The molecule has 1 saturated carbocycles. The Bertz CT molecular complexity index is 659. The molecule has 1 aromatic rings. The van der Waals surface area contributed by atoms with Crippen LogP contribution >= 0.6 is 0 Å². The van der Waals surface area contributed by atoms with Gasteiger partial charge in [0.25, 0.3) is 5.91 Å². The Morgan fingerprint density at radius 3 is 2.46 bits per heavy atom. The predicted molar refractivity (Wildman–Crippen MR) is 88.9 cm³/mol. The van der Waals surface area contributed by atoms with Gasteiger partial charge in [0.15, 0.2) is 0 Å². The molecule has 1 fully saturated rings. The summed E-state index contributed by atoms with van der Waals surface area (Å²) in [5, 5.41) is 2.84. The second-order valence-electron chi connectivity index (χ2n) is 6.58. The minimum atomic E-state index is -0.454. The van der Waals surface area contributed by atoms with Crippen molar-refractivity contribution in [3.05, 3.63) is 22.5 Å². The number of H-pyrrole nitrogens is 1. The summed E-state index contributed by atoms with van der Waals surface area (Å²) in [4.78, 5) is 40.9. The number of nitrogens with zero attached hydrogens (tertiary/aromatic N) is 1. The van der Waals surface area contributed by atoms with Crippen molar-refractivity contribution in [2.24, 2.45) is 0 Å². The molecule has 0 unspecified atom stereocenters. The number of amides is 2. The number of likely N-dealkylation sites (N-methyl/N-ethyl adjacent to an activating group) is 1. The van der Waals surface area contributed by atoms with Gasteiger partial charge in [-0.3, -0.25) is 9.59 Å².